The van der Waals surface area contributed by atoms with Gasteiger partial charge in [-0.25, -0.2) is 0 Å². The summed E-state index contributed by atoms with van der Waals surface area (Å²) in [6, 6.07) is 55.6. The zero-order chi connectivity index (χ0) is 31.3. The number of fused-ring (bicyclic) bond motifs is 9. The third-order valence-electron chi connectivity index (χ3n) is 10.7. The minimum atomic E-state index is -0.112. The van der Waals surface area contributed by atoms with Crippen LogP contribution in [0.2, 0.25) is 0 Å². The van der Waals surface area contributed by atoms with E-state index in [0.717, 1.165) is 22.6 Å². The summed E-state index contributed by atoms with van der Waals surface area (Å²) >= 11 is 0. The van der Waals surface area contributed by atoms with Crippen molar-refractivity contribution in [3.05, 3.63) is 179 Å². The Morgan fingerprint density at radius 3 is 2.23 bits per heavy atom. The Balaban J connectivity index is 1.20. The van der Waals surface area contributed by atoms with Gasteiger partial charge in [-0.2, -0.15) is 0 Å². The molecule has 0 unspecified atom stereocenters. The van der Waals surface area contributed by atoms with E-state index in [-0.39, 0.29) is 11.3 Å². The van der Waals surface area contributed by atoms with E-state index in [2.05, 4.69) is 170 Å². The number of rotatable bonds is 3. The molecule has 1 aromatic heterocycles. The van der Waals surface area contributed by atoms with E-state index in [4.69, 9.17) is 4.99 Å². The molecule has 2 heterocycles. The average molecular weight is 601 g/mol. The van der Waals surface area contributed by atoms with Gasteiger partial charge in [0, 0.05) is 21.9 Å². The highest BCUT2D eigenvalue weighted by atomic mass is 15.0. The Morgan fingerprint density at radius 2 is 1.34 bits per heavy atom. The summed E-state index contributed by atoms with van der Waals surface area (Å²) in [5.41, 5.74) is 14.9. The molecule has 0 radical (unpaired) electrons. The zero-order valence-corrected chi connectivity index (χ0v) is 26.4. The van der Waals surface area contributed by atoms with Gasteiger partial charge in [-0.3, -0.25) is 4.99 Å². The topological polar surface area (TPSA) is 17.3 Å². The summed E-state index contributed by atoms with van der Waals surface area (Å²) in [4.78, 5) is 5.25. The maximum atomic E-state index is 5.25. The van der Waals surface area contributed by atoms with Crippen LogP contribution in [0, 0.1) is 0 Å². The monoisotopic (exact) mass is 600 g/mol. The molecule has 0 saturated carbocycles. The number of hydrogen-bond acceptors (Lipinski definition) is 1. The van der Waals surface area contributed by atoms with Crippen molar-refractivity contribution in [3.8, 4) is 16.8 Å². The number of hydrogen-bond donors (Lipinski definition) is 0. The van der Waals surface area contributed by atoms with Crippen LogP contribution >= 0.6 is 0 Å². The van der Waals surface area contributed by atoms with Crippen molar-refractivity contribution in [3.63, 3.8) is 0 Å². The van der Waals surface area contributed by atoms with Crippen LogP contribution < -0.4 is 0 Å². The van der Waals surface area contributed by atoms with Crippen LogP contribution in [0.25, 0.3) is 49.4 Å². The van der Waals surface area contributed by atoms with Gasteiger partial charge in [-0.15, -0.1) is 0 Å². The van der Waals surface area contributed by atoms with Crippen LogP contribution in [0.1, 0.15) is 47.6 Å². The summed E-state index contributed by atoms with van der Waals surface area (Å²) < 4.78 is 2.46. The molecule has 0 saturated heterocycles. The normalized spacial score (nSPS) is 16.0. The molecule has 2 nitrogen and oxygen atoms in total. The first-order chi connectivity index (χ1) is 23.1. The second kappa shape index (κ2) is 9.64. The van der Waals surface area contributed by atoms with E-state index in [1.807, 2.05) is 0 Å². The van der Waals surface area contributed by atoms with Gasteiger partial charge in [0.25, 0.3) is 0 Å². The SMILES string of the molecule is CC1(C)c2cc3c(cc2-c2c1ccc1ccccc21)c1ccccc1n3-c1cccc(C2=Nc3ccccc3[C@H]2c2ccccc2)c1. The standard InChI is InChI=1S/C45H32N2/c1-45(2)37-24-23-28-13-6-7-18-32(28)43(37)36-26-35-33-19-9-11-22-40(33)47(41(35)27-38(36)45)31-17-12-16-30(25-31)44-42(29-14-4-3-5-15-29)34-20-8-10-21-39(34)46-44/h3-27,42H,1-2H3/t42-/m1/s1. The van der Waals surface area contributed by atoms with Gasteiger partial charge in [0.05, 0.1) is 28.4 Å². The Kier molecular flexibility index (Phi) is 5.43. The molecule has 47 heavy (non-hydrogen) atoms. The van der Waals surface area contributed by atoms with Crippen molar-refractivity contribution in [2.24, 2.45) is 4.99 Å². The summed E-state index contributed by atoms with van der Waals surface area (Å²) in [6.45, 7) is 4.76. The van der Waals surface area contributed by atoms with Crippen molar-refractivity contribution < 1.29 is 0 Å². The lowest BCUT2D eigenvalue weighted by Gasteiger charge is -2.22. The van der Waals surface area contributed by atoms with E-state index in [9.17, 15) is 0 Å². The van der Waals surface area contributed by atoms with Crippen molar-refractivity contribution in [1.82, 2.24) is 4.57 Å². The summed E-state index contributed by atoms with van der Waals surface area (Å²) in [6.07, 6.45) is 0. The van der Waals surface area contributed by atoms with Crippen molar-refractivity contribution in [2.45, 2.75) is 25.2 Å². The van der Waals surface area contributed by atoms with Crippen LogP contribution in [-0.2, 0) is 5.41 Å². The molecule has 2 heteroatoms. The van der Waals surface area contributed by atoms with Crippen LogP contribution in [0.3, 0.4) is 0 Å². The fraction of sp³-hybridized carbons (Fsp3) is 0.0889. The molecule has 7 aromatic carbocycles. The molecule has 1 atom stereocenters. The van der Waals surface area contributed by atoms with Crippen molar-refractivity contribution in [2.75, 3.05) is 0 Å². The predicted molar refractivity (Wildman–Crippen MR) is 197 cm³/mol. The summed E-state index contributed by atoms with van der Waals surface area (Å²) in [5, 5.41) is 5.18. The maximum absolute atomic E-state index is 5.25. The highest BCUT2D eigenvalue weighted by Crippen LogP contribution is 2.53. The summed E-state index contributed by atoms with van der Waals surface area (Å²) in [5.74, 6) is 0.0956. The molecule has 1 aliphatic heterocycles. The molecule has 2 aliphatic rings. The molecule has 10 rings (SSSR count). The lowest BCUT2D eigenvalue weighted by Crippen LogP contribution is -2.15. The fourth-order valence-corrected chi connectivity index (χ4v) is 8.44. The first kappa shape index (κ1) is 26.5. The van der Waals surface area contributed by atoms with Gasteiger partial charge in [-0.05, 0) is 86.1 Å². The molecule has 0 fully saturated rings. The fourth-order valence-electron chi connectivity index (χ4n) is 8.44. The predicted octanol–water partition coefficient (Wildman–Crippen LogP) is 11.5. The van der Waals surface area contributed by atoms with E-state index in [1.165, 1.54) is 66.0 Å². The molecule has 0 amide bonds. The molecule has 0 spiro atoms. The smallest absolute Gasteiger partial charge is 0.0675 e. The molecule has 0 N–H and O–H groups in total. The van der Waals surface area contributed by atoms with Crippen LogP contribution in [0.4, 0.5) is 5.69 Å². The van der Waals surface area contributed by atoms with E-state index < -0.39 is 0 Å². The molecule has 1 aliphatic carbocycles. The summed E-state index contributed by atoms with van der Waals surface area (Å²) in [7, 11) is 0. The molecule has 0 bridgehead atoms. The number of aliphatic imine (C=N–C) groups is 1. The van der Waals surface area contributed by atoms with Gasteiger partial charge in [0.2, 0.25) is 0 Å². The lowest BCUT2D eigenvalue weighted by molar-refractivity contribution is 0.661. The minimum absolute atomic E-state index is 0.0956. The third-order valence-corrected chi connectivity index (χ3v) is 10.7. The Hall–Kier alpha value is -5.73. The molecular formula is C45H32N2. The Morgan fingerprint density at radius 1 is 0.574 bits per heavy atom. The lowest BCUT2D eigenvalue weighted by atomic mass is 9.82. The van der Waals surface area contributed by atoms with E-state index in [0.29, 0.717) is 0 Å². The number of benzene rings is 7. The maximum Gasteiger partial charge on any atom is 0.0675 e. The van der Waals surface area contributed by atoms with Crippen molar-refractivity contribution >= 4 is 44.0 Å². The van der Waals surface area contributed by atoms with Gasteiger partial charge < -0.3 is 4.57 Å². The van der Waals surface area contributed by atoms with E-state index >= 15 is 0 Å². The number of nitrogens with zero attached hydrogens (tertiary/aromatic N) is 2. The molecular weight excluding hydrogens is 569 g/mol. The average Bonchev–Trinajstić information content (AvgIpc) is 3.74. The van der Waals surface area contributed by atoms with Gasteiger partial charge >= 0.3 is 0 Å². The second-order valence-electron chi connectivity index (χ2n) is 13.6. The first-order valence-corrected chi connectivity index (χ1v) is 16.5. The van der Waals surface area contributed by atoms with Gasteiger partial charge in [0.1, 0.15) is 0 Å². The van der Waals surface area contributed by atoms with Crippen molar-refractivity contribution in [1.29, 1.82) is 0 Å². The first-order valence-electron chi connectivity index (χ1n) is 16.5. The Bertz CT molecular complexity index is 2600. The zero-order valence-electron chi connectivity index (χ0n) is 26.4. The number of aromatic nitrogens is 1. The van der Waals surface area contributed by atoms with Crippen LogP contribution in [0.15, 0.2) is 157 Å². The molecule has 222 valence electrons. The second-order valence-corrected chi connectivity index (χ2v) is 13.6. The number of para-hydroxylation sites is 2. The third kappa shape index (κ3) is 3.70. The van der Waals surface area contributed by atoms with Gasteiger partial charge in [-0.1, -0.05) is 129 Å². The molecule has 8 aromatic rings. The van der Waals surface area contributed by atoms with Crippen LogP contribution in [0.5, 0.6) is 0 Å². The Labute approximate surface area is 274 Å². The van der Waals surface area contributed by atoms with Gasteiger partial charge in [0.15, 0.2) is 0 Å². The highest BCUT2D eigenvalue weighted by molar-refractivity contribution is 6.14. The minimum Gasteiger partial charge on any atom is -0.309 e. The highest BCUT2D eigenvalue weighted by Gasteiger charge is 2.37. The largest absolute Gasteiger partial charge is 0.309 e. The van der Waals surface area contributed by atoms with E-state index in [1.54, 1.807) is 0 Å². The quantitative estimate of drug-likeness (QED) is 0.192. The van der Waals surface area contributed by atoms with Crippen LogP contribution in [-0.4, -0.2) is 10.3 Å².